The van der Waals surface area contributed by atoms with Crippen molar-refractivity contribution in [2.45, 2.75) is 18.0 Å². The molecule has 6 nitrogen and oxygen atoms in total. The van der Waals surface area contributed by atoms with Gasteiger partial charge in [-0.15, -0.1) is 24.8 Å². The van der Waals surface area contributed by atoms with E-state index in [1.165, 1.54) is 0 Å². The number of morpholine rings is 1. The Labute approximate surface area is 149 Å². The topological polar surface area (TPSA) is 76.8 Å². The first-order valence-electron chi connectivity index (χ1n) is 7.11. The number of nitrogens with two attached hydrogens (primary N) is 1. The van der Waals surface area contributed by atoms with Crippen LogP contribution in [0.5, 0.6) is 0 Å². The molecular weight excluding hydrogens is 349 g/mol. The van der Waals surface area contributed by atoms with Gasteiger partial charge in [0.15, 0.2) is 0 Å². The molecule has 2 heterocycles. The van der Waals surface area contributed by atoms with Gasteiger partial charge in [-0.05, 0) is 12.2 Å². The molecule has 2 rings (SSSR count). The Kier molecular flexibility index (Phi) is 11.0. The third-order valence-electron chi connectivity index (χ3n) is 4.04. The van der Waals surface area contributed by atoms with E-state index in [1.54, 1.807) is 7.11 Å². The number of carbonyl (C=O) groups excluding carboxylic acids is 1. The zero-order valence-corrected chi connectivity index (χ0v) is 15.4. The fraction of sp³-hybridized carbons (Fsp3) is 0.923. The van der Waals surface area contributed by atoms with Gasteiger partial charge < -0.3 is 20.5 Å². The van der Waals surface area contributed by atoms with Crippen LogP contribution in [-0.2, 0) is 14.3 Å². The van der Waals surface area contributed by atoms with Crippen molar-refractivity contribution in [2.24, 2.45) is 5.73 Å². The smallest absolute Gasteiger partial charge is 0.239 e. The van der Waals surface area contributed by atoms with E-state index < -0.39 is 6.04 Å². The summed E-state index contributed by atoms with van der Waals surface area (Å²) in [6.45, 7) is 4.37. The summed E-state index contributed by atoms with van der Waals surface area (Å²) >= 11 is 1.96. The van der Waals surface area contributed by atoms with Gasteiger partial charge in [-0.25, -0.2) is 0 Å². The molecule has 3 N–H and O–H groups in total. The molecule has 132 valence electrons. The largest absolute Gasteiger partial charge is 0.383 e. The Morgan fingerprint density at radius 3 is 2.68 bits per heavy atom. The number of hydrogen-bond acceptors (Lipinski definition) is 6. The number of nitrogens with one attached hydrogen (secondary N) is 1. The summed E-state index contributed by atoms with van der Waals surface area (Å²) in [6, 6.07) is -0.587. The van der Waals surface area contributed by atoms with Crippen LogP contribution in [0.25, 0.3) is 0 Å². The Hall–Kier alpha value is 0.240. The maximum absolute atomic E-state index is 11.9. The van der Waals surface area contributed by atoms with Crippen LogP contribution in [0.2, 0.25) is 0 Å². The van der Waals surface area contributed by atoms with Crippen LogP contribution >= 0.6 is 36.6 Å². The molecule has 2 aliphatic rings. The molecule has 2 saturated heterocycles. The highest BCUT2D eigenvalue weighted by molar-refractivity contribution is 7.99. The van der Waals surface area contributed by atoms with Crippen LogP contribution in [0, 0.1) is 0 Å². The summed E-state index contributed by atoms with van der Waals surface area (Å²) in [7, 11) is 1.55. The second-order valence-electron chi connectivity index (χ2n) is 5.41. The molecule has 0 spiro atoms. The molecule has 2 atom stereocenters. The predicted molar refractivity (Wildman–Crippen MR) is 94.4 cm³/mol. The van der Waals surface area contributed by atoms with Gasteiger partial charge in [0.1, 0.15) is 6.04 Å². The van der Waals surface area contributed by atoms with Crippen molar-refractivity contribution in [3.05, 3.63) is 0 Å². The summed E-state index contributed by atoms with van der Waals surface area (Å²) < 4.78 is 10.3. The zero-order valence-electron chi connectivity index (χ0n) is 12.9. The fourth-order valence-corrected chi connectivity index (χ4v) is 4.25. The minimum Gasteiger partial charge on any atom is -0.383 e. The van der Waals surface area contributed by atoms with Gasteiger partial charge in [0, 0.05) is 38.0 Å². The number of amides is 1. The van der Waals surface area contributed by atoms with E-state index in [0.717, 1.165) is 44.2 Å². The Balaban J connectivity index is 0.00000220. The molecule has 0 aromatic rings. The van der Waals surface area contributed by atoms with Gasteiger partial charge in [0.25, 0.3) is 0 Å². The van der Waals surface area contributed by atoms with Crippen LogP contribution in [0.1, 0.15) is 6.42 Å². The van der Waals surface area contributed by atoms with Gasteiger partial charge in [0.2, 0.25) is 5.91 Å². The first kappa shape index (κ1) is 22.2. The molecule has 0 aromatic carbocycles. The maximum atomic E-state index is 11.9. The summed E-state index contributed by atoms with van der Waals surface area (Å²) in [5.41, 5.74) is 5.82. The highest BCUT2D eigenvalue weighted by Gasteiger charge is 2.41. The van der Waals surface area contributed by atoms with Crippen molar-refractivity contribution in [3.8, 4) is 0 Å². The molecule has 0 bridgehead atoms. The van der Waals surface area contributed by atoms with Gasteiger partial charge in [0.05, 0.1) is 19.8 Å². The molecular formula is C13H27Cl2N3O3S. The predicted octanol–water partition coefficient (Wildman–Crippen LogP) is 0.128. The summed E-state index contributed by atoms with van der Waals surface area (Å²) in [4.78, 5) is 14.4. The van der Waals surface area contributed by atoms with Crippen LogP contribution < -0.4 is 11.1 Å². The zero-order chi connectivity index (χ0) is 14.4. The second-order valence-corrected chi connectivity index (χ2v) is 6.51. The molecule has 1 amide bonds. The van der Waals surface area contributed by atoms with E-state index in [0.29, 0.717) is 6.54 Å². The summed E-state index contributed by atoms with van der Waals surface area (Å²) in [5, 5.41) is 3.01. The van der Waals surface area contributed by atoms with Crippen molar-refractivity contribution in [1.82, 2.24) is 10.2 Å². The van der Waals surface area contributed by atoms with Gasteiger partial charge >= 0.3 is 0 Å². The first-order chi connectivity index (χ1) is 9.68. The average Bonchev–Trinajstić information content (AvgIpc) is 2.96. The SMILES string of the molecule is COCC(N)C(=O)NCC1(N2CCOCC2)CCSC1.Cl.Cl. The first-order valence-corrected chi connectivity index (χ1v) is 8.26. The molecule has 0 aromatic heterocycles. The average molecular weight is 376 g/mol. The van der Waals surface area contributed by atoms with E-state index in [2.05, 4.69) is 10.2 Å². The number of thioether (sulfide) groups is 1. The Bertz CT molecular complexity index is 328. The van der Waals surface area contributed by atoms with Gasteiger partial charge in [-0.1, -0.05) is 0 Å². The van der Waals surface area contributed by atoms with E-state index in [9.17, 15) is 4.79 Å². The number of hydrogen-bond donors (Lipinski definition) is 2. The lowest BCUT2D eigenvalue weighted by molar-refractivity contribution is -0.124. The van der Waals surface area contributed by atoms with Crippen LogP contribution in [0.4, 0.5) is 0 Å². The number of nitrogens with zero attached hydrogens (tertiary/aromatic N) is 1. The van der Waals surface area contributed by atoms with Crippen molar-refractivity contribution in [1.29, 1.82) is 0 Å². The number of ether oxygens (including phenoxy) is 2. The minimum absolute atomic E-state index is 0. The lowest BCUT2D eigenvalue weighted by Gasteiger charge is -2.43. The normalized spacial score (nSPS) is 26.6. The number of halogens is 2. The van der Waals surface area contributed by atoms with E-state index in [1.807, 2.05) is 11.8 Å². The third-order valence-corrected chi connectivity index (χ3v) is 5.27. The Morgan fingerprint density at radius 1 is 1.45 bits per heavy atom. The highest BCUT2D eigenvalue weighted by Crippen LogP contribution is 2.33. The van der Waals surface area contributed by atoms with Crippen LogP contribution in [-0.4, -0.2) is 80.5 Å². The highest BCUT2D eigenvalue weighted by atomic mass is 35.5. The fourth-order valence-electron chi connectivity index (χ4n) is 2.77. The molecule has 0 saturated carbocycles. The molecule has 9 heteroatoms. The number of carbonyl (C=O) groups is 1. The standard InChI is InChI=1S/C13H25N3O3S.2ClH/c1-18-8-11(14)12(17)15-9-13(2-7-20-10-13)16-3-5-19-6-4-16;;/h11H,2-10,14H2,1H3,(H,15,17);2*1H. The molecule has 2 aliphatic heterocycles. The monoisotopic (exact) mass is 375 g/mol. The third kappa shape index (κ3) is 5.70. The Morgan fingerprint density at radius 2 is 2.14 bits per heavy atom. The molecule has 0 radical (unpaired) electrons. The van der Waals surface area contributed by atoms with Crippen LogP contribution in [0.15, 0.2) is 0 Å². The number of methoxy groups -OCH3 is 1. The van der Waals surface area contributed by atoms with Crippen molar-refractivity contribution < 1.29 is 14.3 Å². The van der Waals surface area contributed by atoms with Crippen molar-refractivity contribution in [3.63, 3.8) is 0 Å². The molecule has 0 aliphatic carbocycles. The lowest BCUT2D eigenvalue weighted by atomic mass is 9.95. The number of rotatable bonds is 6. The molecule has 2 fully saturated rings. The van der Waals surface area contributed by atoms with Crippen molar-refractivity contribution >= 4 is 42.5 Å². The van der Waals surface area contributed by atoms with Gasteiger partial charge in [-0.2, -0.15) is 11.8 Å². The van der Waals surface area contributed by atoms with E-state index >= 15 is 0 Å². The maximum Gasteiger partial charge on any atom is 0.239 e. The lowest BCUT2D eigenvalue weighted by Crippen LogP contribution is -2.60. The quantitative estimate of drug-likeness (QED) is 0.686. The van der Waals surface area contributed by atoms with Crippen molar-refractivity contribution in [2.75, 3.05) is 58.1 Å². The molecule has 22 heavy (non-hydrogen) atoms. The second kappa shape index (κ2) is 10.9. The van der Waals surface area contributed by atoms with E-state index in [4.69, 9.17) is 15.2 Å². The van der Waals surface area contributed by atoms with Gasteiger partial charge in [-0.3, -0.25) is 9.69 Å². The minimum atomic E-state index is -0.587. The van der Waals surface area contributed by atoms with Crippen LogP contribution in [0.3, 0.4) is 0 Å². The summed E-state index contributed by atoms with van der Waals surface area (Å²) in [5.74, 6) is 2.08. The summed E-state index contributed by atoms with van der Waals surface area (Å²) in [6.07, 6.45) is 1.11. The van der Waals surface area contributed by atoms with E-state index in [-0.39, 0.29) is 42.9 Å². The molecule has 2 unspecified atom stereocenters.